The first-order valence-electron chi connectivity index (χ1n) is 5.42. The molecule has 2 aromatic rings. The largest absolute Gasteiger partial charge is 0.324 e. The lowest BCUT2D eigenvalue weighted by Gasteiger charge is -2.06. The molecule has 90 valence electrons. The fraction of sp³-hybridized carbons (Fsp3) is 0.154. The molecule has 5 heteroatoms. The number of thiocyanates is 1. The zero-order chi connectivity index (χ0) is 13.0. The van der Waals surface area contributed by atoms with Gasteiger partial charge in [-0.05, 0) is 55.9 Å². The molecule has 0 bridgehead atoms. The van der Waals surface area contributed by atoms with E-state index in [9.17, 15) is 0 Å². The lowest BCUT2D eigenvalue weighted by molar-refractivity contribution is 1.06. The van der Waals surface area contributed by atoms with Crippen LogP contribution in [0.4, 0.5) is 11.6 Å². The summed E-state index contributed by atoms with van der Waals surface area (Å²) in [6, 6.07) is 9.51. The van der Waals surface area contributed by atoms with Crippen LogP contribution >= 0.6 is 11.8 Å². The third-order valence-electron chi connectivity index (χ3n) is 2.26. The Morgan fingerprint density at radius 2 is 1.72 bits per heavy atom. The van der Waals surface area contributed by atoms with Crippen molar-refractivity contribution in [2.45, 2.75) is 18.7 Å². The molecule has 0 aliphatic rings. The molecule has 1 N–H and O–H groups in total. The van der Waals surface area contributed by atoms with Gasteiger partial charge in [0.2, 0.25) is 5.95 Å². The second-order valence-corrected chi connectivity index (χ2v) is 4.68. The van der Waals surface area contributed by atoms with Crippen molar-refractivity contribution in [1.29, 1.82) is 5.26 Å². The molecule has 0 aliphatic carbocycles. The Morgan fingerprint density at radius 1 is 1.11 bits per heavy atom. The molecule has 0 radical (unpaired) electrons. The van der Waals surface area contributed by atoms with Gasteiger partial charge in [-0.2, -0.15) is 5.26 Å². The molecule has 1 aromatic heterocycles. The van der Waals surface area contributed by atoms with Gasteiger partial charge in [-0.1, -0.05) is 0 Å². The molecule has 2 rings (SSSR count). The molecule has 0 saturated heterocycles. The standard InChI is InChI=1S/C13H12N4S/c1-9-7-10(2)16-13(15-9)17-11-3-5-12(6-4-11)18-8-14/h3-7H,1-2H3,(H,15,16,17). The Morgan fingerprint density at radius 3 is 2.28 bits per heavy atom. The summed E-state index contributed by atoms with van der Waals surface area (Å²) in [6.07, 6.45) is 0. The zero-order valence-corrected chi connectivity index (χ0v) is 11.0. The molecule has 0 amide bonds. The first-order valence-corrected chi connectivity index (χ1v) is 6.24. The van der Waals surface area contributed by atoms with Gasteiger partial charge in [-0.25, -0.2) is 9.97 Å². The van der Waals surface area contributed by atoms with Crippen LogP contribution in [0.25, 0.3) is 0 Å². The van der Waals surface area contributed by atoms with Crippen molar-refractivity contribution in [3.05, 3.63) is 41.7 Å². The van der Waals surface area contributed by atoms with Crippen LogP contribution in [0.2, 0.25) is 0 Å². The zero-order valence-electron chi connectivity index (χ0n) is 10.1. The van der Waals surface area contributed by atoms with Gasteiger partial charge in [0.1, 0.15) is 5.40 Å². The van der Waals surface area contributed by atoms with E-state index in [2.05, 4.69) is 15.3 Å². The molecule has 0 spiro atoms. The predicted molar refractivity (Wildman–Crippen MR) is 72.7 cm³/mol. The topological polar surface area (TPSA) is 61.6 Å². The van der Waals surface area contributed by atoms with E-state index < -0.39 is 0 Å². The molecule has 0 saturated carbocycles. The number of aryl methyl sites for hydroxylation is 2. The second kappa shape index (κ2) is 5.52. The SMILES string of the molecule is Cc1cc(C)nc(Nc2ccc(SC#N)cc2)n1. The Labute approximate surface area is 110 Å². The Hall–Kier alpha value is -2.06. The van der Waals surface area contributed by atoms with Crippen LogP contribution in [-0.4, -0.2) is 9.97 Å². The van der Waals surface area contributed by atoms with E-state index in [1.165, 1.54) is 0 Å². The summed E-state index contributed by atoms with van der Waals surface area (Å²) in [5, 5.41) is 13.7. The quantitative estimate of drug-likeness (QED) is 0.673. The highest BCUT2D eigenvalue weighted by molar-refractivity contribution is 8.03. The smallest absolute Gasteiger partial charge is 0.227 e. The van der Waals surface area contributed by atoms with Crippen molar-refractivity contribution in [2.75, 3.05) is 5.32 Å². The number of nitriles is 1. The molecule has 18 heavy (non-hydrogen) atoms. The summed E-state index contributed by atoms with van der Waals surface area (Å²) < 4.78 is 0. The van der Waals surface area contributed by atoms with Crippen LogP contribution in [0, 0.1) is 24.5 Å². The van der Waals surface area contributed by atoms with Crippen molar-refractivity contribution >= 4 is 23.4 Å². The first-order chi connectivity index (χ1) is 8.67. The van der Waals surface area contributed by atoms with Gasteiger partial charge in [-0.3, -0.25) is 0 Å². The second-order valence-electron chi connectivity index (χ2n) is 3.82. The number of benzene rings is 1. The van der Waals surface area contributed by atoms with Gasteiger partial charge >= 0.3 is 0 Å². The van der Waals surface area contributed by atoms with Gasteiger partial charge in [0.15, 0.2) is 0 Å². The fourth-order valence-corrected chi connectivity index (χ4v) is 1.95. The monoisotopic (exact) mass is 256 g/mol. The van der Waals surface area contributed by atoms with Gasteiger partial charge in [0.25, 0.3) is 0 Å². The summed E-state index contributed by atoms with van der Waals surface area (Å²) in [4.78, 5) is 9.54. The number of nitrogens with zero attached hydrogens (tertiary/aromatic N) is 3. The number of hydrogen-bond donors (Lipinski definition) is 1. The summed E-state index contributed by atoms with van der Waals surface area (Å²) in [7, 11) is 0. The number of nitrogens with one attached hydrogen (secondary N) is 1. The summed E-state index contributed by atoms with van der Waals surface area (Å²) in [5.74, 6) is 0.591. The van der Waals surface area contributed by atoms with Gasteiger partial charge in [0.05, 0.1) is 0 Å². The number of rotatable bonds is 3. The van der Waals surface area contributed by atoms with E-state index in [-0.39, 0.29) is 0 Å². The van der Waals surface area contributed by atoms with Crippen molar-refractivity contribution in [3.8, 4) is 5.40 Å². The molecule has 0 unspecified atom stereocenters. The minimum Gasteiger partial charge on any atom is -0.324 e. The van der Waals surface area contributed by atoms with Crippen LogP contribution < -0.4 is 5.32 Å². The van der Waals surface area contributed by atoms with Crippen LogP contribution in [0.5, 0.6) is 0 Å². The molecule has 0 atom stereocenters. The maximum Gasteiger partial charge on any atom is 0.227 e. The van der Waals surface area contributed by atoms with Crippen LogP contribution in [0.1, 0.15) is 11.4 Å². The van der Waals surface area contributed by atoms with Gasteiger partial charge in [0, 0.05) is 22.0 Å². The van der Waals surface area contributed by atoms with E-state index in [0.717, 1.165) is 33.7 Å². The maximum absolute atomic E-state index is 8.56. The van der Waals surface area contributed by atoms with Crippen molar-refractivity contribution in [1.82, 2.24) is 9.97 Å². The Kier molecular flexibility index (Phi) is 3.80. The molecular formula is C13H12N4S. The highest BCUT2D eigenvalue weighted by Crippen LogP contribution is 2.20. The summed E-state index contributed by atoms with van der Waals surface area (Å²) >= 11 is 1.14. The summed E-state index contributed by atoms with van der Waals surface area (Å²) in [6.45, 7) is 3.87. The molecule has 4 nitrogen and oxygen atoms in total. The summed E-state index contributed by atoms with van der Waals surface area (Å²) in [5.41, 5.74) is 2.77. The van der Waals surface area contributed by atoms with Crippen LogP contribution in [0.3, 0.4) is 0 Å². The predicted octanol–water partition coefficient (Wildman–Crippen LogP) is 3.41. The minimum atomic E-state index is 0.591. The van der Waals surface area contributed by atoms with Crippen LogP contribution in [-0.2, 0) is 0 Å². The van der Waals surface area contributed by atoms with Gasteiger partial charge in [-0.15, -0.1) is 0 Å². The lowest BCUT2D eigenvalue weighted by atomic mass is 10.3. The fourth-order valence-electron chi connectivity index (χ4n) is 1.57. The van der Waals surface area contributed by atoms with Crippen molar-refractivity contribution < 1.29 is 0 Å². The lowest BCUT2D eigenvalue weighted by Crippen LogP contribution is -1.99. The van der Waals surface area contributed by atoms with E-state index >= 15 is 0 Å². The number of anilines is 2. The maximum atomic E-state index is 8.56. The Balaban J connectivity index is 2.16. The van der Waals surface area contributed by atoms with E-state index in [0.29, 0.717) is 5.95 Å². The average Bonchev–Trinajstić information content (AvgIpc) is 2.31. The highest BCUT2D eigenvalue weighted by Gasteiger charge is 2.00. The number of hydrogen-bond acceptors (Lipinski definition) is 5. The average molecular weight is 256 g/mol. The minimum absolute atomic E-state index is 0.591. The van der Waals surface area contributed by atoms with Crippen molar-refractivity contribution in [2.24, 2.45) is 0 Å². The van der Waals surface area contributed by atoms with Crippen molar-refractivity contribution in [3.63, 3.8) is 0 Å². The molecule has 0 fully saturated rings. The third kappa shape index (κ3) is 3.22. The van der Waals surface area contributed by atoms with E-state index in [1.54, 1.807) is 0 Å². The Bertz CT molecular complexity index is 567. The first kappa shape index (κ1) is 12.4. The molecular weight excluding hydrogens is 244 g/mol. The van der Waals surface area contributed by atoms with E-state index in [4.69, 9.17) is 5.26 Å². The number of thioether (sulfide) groups is 1. The highest BCUT2D eigenvalue weighted by atomic mass is 32.2. The van der Waals surface area contributed by atoms with Crippen LogP contribution in [0.15, 0.2) is 35.2 Å². The molecule has 1 heterocycles. The normalized spacial score (nSPS) is 9.83. The molecule has 0 aliphatic heterocycles. The van der Waals surface area contributed by atoms with Gasteiger partial charge < -0.3 is 5.32 Å². The number of aromatic nitrogens is 2. The van der Waals surface area contributed by atoms with E-state index in [1.807, 2.05) is 49.6 Å². The third-order valence-corrected chi connectivity index (χ3v) is 2.86. The molecule has 1 aromatic carbocycles.